The summed E-state index contributed by atoms with van der Waals surface area (Å²) in [4.78, 5) is 0. The molecule has 7 heteroatoms. The van der Waals surface area contributed by atoms with Crippen molar-refractivity contribution in [2.75, 3.05) is 10.6 Å². The zero-order chi connectivity index (χ0) is 19.6. The van der Waals surface area contributed by atoms with Crippen molar-refractivity contribution in [2.45, 2.75) is 27.3 Å². The molecule has 0 radical (unpaired) electrons. The summed E-state index contributed by atoms with van der Waals surface area (Å²) < 4.78 is 15.1. The van der Waals surface area contributed by atoms with Crippen molar-refractivity contribution in [1.29, 1.82) is 0 Å². The van der Waals surface area contributed by atoms with Crippen molar-refractivity contribution in [3.8, 4) is 0 Å². The third-order valence-electron chi connectivity index (χ3n) is 4.35. The summed E-state index contributed by atoms with van der Waals surface area (Å²) in [7, 11) is 0. The predicted octanol–water partition coefficient (Wildman–Crippen LogP) is 5.46. The molecular formula is C20H20ClFN4S. The number of nitrogens with zero attached hydrogens (tertiary/aromatic N) is 2. The van der Waals surface area contributed by atoms with E-state index in [0.717, 1.165) is 33.9 Å². The van der Waals surface area contributed by atoms with Gasteiger partial charge in [0.2, 0.25) is 0 Å². The van der Waals surface area contributed by atoms with Gasteiger partial charge in [-0.25, -0.2) is 4.39 Å². The molecule has 0 bridgehead atoms. The highest BCUT2D eigenvalue weighted by atomic mass is 35.5. The number of halogens is 2. The fourth-order valence-corrected chi connectivity index (χ4v) is 3.26. The normalized spacial score (nSPS) is 10.7. The van der Waals surface area contributed by atoms with Crippen LogP contribution >= 0.6 is 23.8 Å². The second kappa shape index (κ2) is 8.06. The molecule has 0 unspecified atom stereocenters. The number of anilines is 2. The molecule has 27 heavy (non-hydrogen) atoms. The number of para-hydroxylation sites is 1. The Morgan fingerprint density at radius 1 is 1.15 bits per heavy atom. The van der Waals surface area contributed by atoms with Crippen LogP contribution in [0.15, 0.2) is 42.5 Å². The average Bonchev–Trinajstić information content (AvgIpc) is 2.87. The minimum atomic E-state index is -0.355. The van der Waals surface area contributed by atoms with Gasteiger partial charge in [-0.05, 0) is 62.3 Å². The molecule has 0 amide bonds. The number of thiocarbonyl (C=S) groups is 1. The standard InChI is InChI=1S/C20H20ClFN4S/c1-12-6-4-5-7-18(12)23-20(27)24-19-13(2)25-26(14(19)3)11-15-8-9-16(22)10-17(15)21/h4-10H,11H2,1-3H3,(H2,23,24,27). The first-order valence-electron chi connectivity index (χ1n) is 8.46. The van der Waals surface area contributed by atoms with Crippen LogP contribution < -0.4 is 10.6 Å². The van der Waals surface area contributed by atoms with Gasteiger partial charge in [-0.15, -0.1) is 0 Å². The minimum absolute atomic E-state index is 0.355. The lowest BCUT2D eigenvalue weighted by atomic mass is 10.2. The lowest BCUT2D eigenvalue weighted by Crippen LogP contribution is -2.20. The van der Waals surface area contributed by atoms with E-state index >= 15 is 0 Å². The van der Waals surface area contributed by atoms with E-state index in [4.69, 9.17) is 23.8 Å². The van der Waals surface area contributed by atoms with Crippen LogP contribution in [0.25, 0.3) is 0 Å². The first-order chi connectivity index (χ1) is 12.8. The third kappa shape index (κ3) is 4.46. The second-order valence-electron chi connectivity index (χ2n) is 6.33. The summed E-state index contributed by atoms with van der Waals surface area (Å²) in [6.45, 7) is 6.34. The maximum Gasteiger partial charge on any atom is 0.175 e. The highest BCUT2D eigenvalue weighted by Gasteiger charge is 2.14. The Morgan fingerprint density at radius 2 is 1.89 bits per heavy atom. The van der Waals surface area contributed by atoms with Crippen LogP contribution in [0.5, 0.6) is 0 Å². The fraction of sp³-hybridized carbons (Fsp3) is 0.200. The van der Waals surface area contributed by atoms with E-state index in [-0.39, 0.29) is 5.82 Å². The quantitative estimate of drug-likeness (QED) is 0.569. The van der Waals surface area contributed by atoms with Crippen LogP contribution in [0.4, 0.5) is 15.8 Å². The van der Waals surface area contributed by atoms with Crippen LogP contribution in [0.3, 0.4) is 0 Å². The van der Waals surface area contributed by atoms with E-state index < -0.39 is 0 Å². The van der Waals surface area contributed by atoms with Gasteiger partial charge in [-0.2, -0.15) is 5.10 Å². The first-order valence-corrected chi connectivity index (χ1v) is 9.25. The number of benzene rings is 2. The lowest BCUT2D eigenvalue weighted by Gasteiger charge is -2.13. The van der Waals surface area contributed by atoms with Crippen molar-refractivity contribution in [1.82, 2.24) is 9.78 Å². The number of aromatic nitrogens is 2. The minimum Gasteiger partial charge on any atom is -0.332 e. The monoisotopic (exact) mass is 402 g/mol. The number of hydrogen-bond donors (Lipinski definition) is 2. The maximum atomic E-state index is 13.2. The topological polar surface area (TPSA) is 41.9 Å². The summed E-state index contributed by atoms with van der Waals surface area (Å²) in [5.74, 6) is -0.355. The Labute approximate surface area is 168 Å². The molecule has 0 spiro atoms. The maximum absolute atomic E-state index is 13.2. The lowest BCUT2D eigenvalue weighted by molar-refractivity contribution is 0.622. The number of aryl methyl sites for hydroxylation is 2. The van der Waals surface area contributed by atoms with E-state index in [1.807, 2.05) is 49.7 Å². The number of rotatable bonds is 4. The molecule has 3 rings (SSSR count). The molecule has 1 aromatic heterocycles. The van der Waals surface area contributed by atoms with Gasteiger partial charge in [0.25, 0.3) is 0 Å². The van der Waals surface area contributed by atoms with Crippen molar-refractivity contribution in [3.05, 3.63) is 75.8 Å². The Balaban J connectivity index is 1.77. The number of hydrogen-bond acceptors (Lipinski definition) is 2. The second-order valence-corrected chi connectivity index (χ2v) is 7.15. The molecule has 2 N–H and O–H groups in total. The van der Waals surface area contributed by atoms with Crippen LogP contribution in [0.1, 0.15) is 22.5 Å². The molecule has 140 valence electrons. The molecule has 4 nitrogen and oxygen atoms in total. The van der Waals surface area contributed by atoms with Crippen molar-refractivity contribution in [2.24, 2.45) is 0 Å². The molecule has 3 aromatic rings. The third-order valence-corrected chi connectivity index (χ3v) is 4.90. The Morgan fingerprint density at radius 3 is 2.59 bits per heavy atom. The fourth-order valence-electron chi connectivity index (χ4n) is 2.82. The Bertz CT molecular complexity index is 1000. The average molecular weight is 403 g/mol. The van der Waals surface area contributed by atoms with Crippen LogP contribution in [-0.4, -0.2) is 14.9 Å². The van der Waals surface area contributed by atoms with Gasteiger partial charge in [-0.3, -0.25) is 4.68 Å². The smallest absolute Gasteiger partial charge is 0.175 e. The molecular weight excluding hydrogens is 383 g/mol. The van der Waals surface area contributed by atoms with Crippen molar-refractivity contribution in [3.63, 3.8) is 0 Å². The summed E-state index contributed by atoms with van der Waals surface area (Å²) in [6.07, 6.45) is 0. The Hall–Kier alpha value is -2.44. The van der Waals surface area contributed by atoms with Gasteiger partial charge < -0.3 is 10.6 Å². The van der Waals surface area contributed by atoms with Crippen LogP contribution in [0.2, 0.25) is 5.02 Å². The SMILES string of the molecule is Cc1ccccc1NC(=S)Nc1c(C)nn(Cc2ccc(F)cc2Cl)c1C. The molecule has 0 atom stereocenters. The van der Waals surface area contributed by atoms with Gasteiger partial charge in [0.05, 0.1) is 23.6 Å². The molecule has 1 heterocycles. The van der Waals surface area contributed by atoms with E-state index in [9.17, 15) is 4.39 Å². The van der Waals surface area contributed by atoms with Gasteiger partial charge in [0.15, 0.2) is 5.11 Å². The van der Waals surface area contributed by atoms with Gasteiger partial charge in [0, 0.05) is 10.7 Å². The zero-order valence-corrected chi connectivity index (χ0v) is 16.9. The summed E-state index contributed by atoms with van der Waals surface area (Å²) >= 11 is 11.6. The van der Waals surface area contributed by atoms with Gasteiger partial charge >= 0.3 is 0 Å². The van der Waals surface area contributed by atoms with Crippen LogP contribution in [-0.2, 0) is 6.54 Å². The van der Waals surface area contributed by atoms with Crippen molar-refractivity contribution >= 4 is 40.3 Å². The highest BCUT2D eigenvalue weighted by molar-refractivity contribution is 7.80. The van der Waals surface area contributed by atoms with Gasteiger partial charge in [-0.1, -0.05) is 35.9 Å². The van der Waals surface area contributed by atoms with Gasteiger partial charge in [0.1, 0.15) is 5.82 Å². The van der Waals surface area contributed by atoms with Crippen LogP contribution in [0, 0.1) is 26.6 Å². The van der Waals surface area contributed by atoms with E-state index in [2.05, 4.69) is 15.7 Å². The summed E-state index contributed by atoms with van der Waals surface area (Å²) in [6, 6.07) is 12.3. The molecule has 0 fully saturated rings. The summed E-state index contributed by atoms with van der Waals surface area (Å²) in [5, 5.41) is 11.9. The first kappa shape index (κ1) is 19.3. The molecule has 0 saturated carbocycles. The van der Waals surface area contributed by atoms with E-state index in [1.54, 1.807) is 6.07 Å². The molecule has 0 aliphatic rings. The predicted molar refractivity (Wildman–Crippen MR) is 113 cm³/mol. The molecule has 0 aliphatic carbocycles. The largest absolute Gasteiger partial charge is 0.332 e. The molecule has 2 aromatic carbocycles. The van der Waals surface area contributed by atoms with E-state index in [0.29, 0.717) is 16.7 Å². The highest BCUT2D eigenvalue weighted by Crippen LogP contribution is 2.24. The number of nitrogens with one attached hydrogen (secondary N) is 2. The molecule has 0 aliphatic heterocycles. The Kier molecular flexibility index (Phi) is 5.77. The summed E-state index contributed by atoms with van der Waals surface area (Å²) in [5.41, 5.74) is 5.45. The molecule has 0 saturated heterocycles. The van der Waals surface area contributed by atoms with E-state index in [1.165, 1.54) is 12.1 Å². The zero-order valence-electron chi connectivity index (χ0n) is 15.3. The van der Waals surface area contributed by atoms with Crippen molar-refractivity contribution < 1.29 is 4.39 Å².